The van der Waals surface area contributed by atoms with E-state index < -0.39 is 12.3 Å². The normalized spacial score (nSPS) is 14.2. The zero-order valence-electron chi connectivity index (χ0n) is 10.4. The van der Waals surface area contributed by atoms with Gasteiger partial charge in [0.15, 0.2) is 0 Å². The fourth-order valence-electron chi connectivity index (χ4n) is 1.50. The third-order valence-electron chi connectivity index (χ3n) is 2.51. The number of hydrogen-bond donors (Lipinski definition) is 0. The summed E-state index contributed by atoms with van der Waals surface area (Å²) in [6.07, 6.45) is 3.67. The monoisotopic (exact) mass is 262 g/mol. The minimum absolute atomic E-state index is 0. The summed E-state index contributed by atoms with van der Waals surface area (Å²) in [5.41, 5.74) is 0. The molecule has 0 aliphatic carbocycles. The first-order valence-corrected chi connectivity index (χ1v) is 5.85. The van der Waals surface area contributed by atoms with Gasteiger partial charge in [0.25, 0.3) is 0 Å². The Morgan fingerprint density at radius 1 is 0.812 bits per heavy atom. The molecule has 0 aromatic carbocycles. The molecule has 0 N–H and O–H groups in total. The van der Waals surface area contributed by atoms with E-state index in [4.69, 9.17) is 0 Å². The average Bonchev–Trinajstić information content (AvgIpc) is 2.21. The van der Waals surface area contributed by atoms with Crippen LogP contribution >= 0.6 is 0 Å². The van der Waals surface area contributed by atoms with Gasteiger partial charge >= 0.3 is 51.4 Å². The van der Waals surface area contributed by atoms with Gasteiger partial charge in [-0.1, -0.05) is 38.5 Å². The van der Waals surface area contributed by atoms with Crippen molar-refractivity contribution in [2.75, 3.05) is 6.67 Å². The Morgan fingerprint density at radius 3 is 1.69 bits per heavy atom. The number of halogens is 3. The maximum atomic E-state index is 12.7. The smallest absolute Gasteiger partial charge is 0.307 e. The number of hydrogen-bond acceptors (Lipinski definition) is 0. The van der Waals surface area contributed by atoms with E-state index in [2.05, 4.69) is 6.92 Å². The zero-order valence-corrected chi connectivity index (χ0v) is 13.5. The van der Waals surface area contributed by atoms with Crippen molar-refractivity contribution in [2.45, 2.75) is 63.7 Å². The van der Waals surface area contributed by atoms with Crippen LogP contribution in [0.3, 0.4) is 0 Å². The molecule has 0 amide bonds. The van der Waals surface area contributed by atoms with Crippen molar-refractivity contribution >= 4 is 0 Å². The van der Waals surface area contributed by atoms with Gasteiger partial charge in [0.2, 0.25) is 0 Å². The van der Waals surface area contributed by atoms with Crippen molar-refractivity contribution in [3.8, 4) is 0 Å². The maximum absolute atomic E-state index is 12.7. The molecule has 4 heteroatoms. The fourth-order valence-corrected chi connectivity index (χ4v) is 1.50. The van der Waals surface area contributed by atoms with Gasteiger partial charge in [-0.15, -0.1) is 0 Å². The SMILES string of the molecule is [CH2-]C(F)C(F)CCCCCCCCCF.[K+]. The molecule has 0 fully saturated rings. The molecule has 2 atom stereocenters. The molecule has 0 saturated heterocycles. The molecule has 92 valence electrons. The van der Waals surface area contributed by atoms with Crippen molar-refractivity contribution in [1.29, 1.82) is 0 Å². The van der Waals surface area contributed by atoms with Crippen LogP contribution in [0.25, 0.3) is 0 Å². The van der Waals surface area contributed by atoms with Crippen molar-refractivity contribution in [3.05, 3.63) is 6.92 Å². The van der Waals surface area contributed by atoms with Crippen molar-refractivity contribution in [3.63, 3.8) is 0 Å². The molecule has 0 spiro atoms. The summed E-state index contributed by atoms with van der Waals surface area (Å²) < 4.78 is 36.7. The molecular formula is C12H22F3K. The molecule has 0 aromatic heterocycles. The second kappa shape index (κ2) is 14.5. The summed E-state index contributed by atoms with van der Waals surface area (Å²) in [4.78, 5) is 0. The maximum Gasteiger partial charge on any atom is 1.00 e. The molecule has 16 heavy (non-hydrogen) atoms. The molecule has 0 radical (unpaired) electrons. The summed E-state index contributed by atoms with van der Waals surface area (Å²) in [6.45, 7) is 2.78. The predicted molar refractivity (Wildman–Crippen MR) is 58.1 cm³/mol. The molecule has 0 aromatic rings. The van der Waals surface area contributed by atoms with E-state index >= 15 is 0 Å². The van der Waals surface area contributed by atoms with Crippen LogP contribution in [0.4, 0.5) is 13.2 Å². The quantitative estimate of drug-likeness (QED) is 0.319. The Kier molecular flexibility index (Phi) is 17.9. The van der Waals surface area contributed by atoms with E-state index in [1.807, 2.05) is 0 Å². The molecular weight excluding hydrogens is 240 g/mol. The Bertz CT molecular complexity index is 131. The summed E-state index contributed by atoms with van der Waals surface area (Å²) in [5.74, 6) is 0. The average molecular weight is 262 g/mol. The van der Waals surface area contributed by atoms with Crippen LogP contribution in [0.5, 0.6) is 0 Å². The summed E-state index contributed by atoms with van der Waals surface area (Å²) >= 11 is 0. The van der Waals surface area contributed by atoms with Gasteiger partial charge in [0.1, 0.15) is 6.17 Å². The molecule has 0 aliphatic rings. The number of alkyl halides is 3. The first-order valence-electron chi connectivity index (χ1n) is 5.85. The van der Waals surface area contributed by atoms with Gasteiger partial charge in [-0.2, -0.15) is 0 Å². The van der Waals surface area contributed by atoms with Gasteiger partial charge in [-0.25, -0.2) is 4.39 Å². The molecule has 0 nitrogen and oxygen atoms in total. The Labute approximate surface area is 140 Å². The second-order valence-corrected chi connectivity index (χ2v) is 3.98. The molecule has 0 bridgehead atoms. The van der Waals surface area contributed by atoms with Crippen LogP contribution in [0, 0.1) is 6.92 Å². The Hall–Kier alpha value is 1.43. The van der Waals surface area contributed by atoms with E-state index in [9.17, 15) is 13.2 Å². The fraction of sp³-hybridized carbons (Fsp3) is 0.917. The van der Waals surface area contributed by atoms with Gasteiger partial charge in [0.05, 0.1) is 6.67 Å². The summed E-state index contributed by atoms with van der Waals surface area (Å²) in [6, 6.07) is 0. The van der Waals surface area contributed by atoms with E-state index in [1.165, 1.54) is 0 Å². The van der Waals surface area contributed by atoms with Crippen LogP contribution in [0.2, 0.25) is 0 Å². The molecule has 0 rings (SSSR count). The Morgan fingerprint density at radius 2 is 1.25 bits per heavy atom. The van der Waals surface area contributed by atoms with E-state index in [0.29, 0.717) is 6.42 Å². The van der Waals surface area contributed by atoms with Crippen LogP contribution in [-0.4, -0.2) is 19.0 Å². The topological polar surface area (TPSA) is 0 Å². The van der Waals surface area contributed by atoms with Crippen LogP contribution in [0.1, 0.15) is 51.4 Å². The predicted octanol–water partition coefficient (Wildman–Crippen LogP) is 1.59. The summed E-state index contributed by atoms with van der Waals surface area (Å²) in [7, 11) is 0. The van der Waals surface area contributed by atoms with Crippen molar-refractivity contribution in [2.24, 2.45) is 0 Å². The van der Waals surface area contributed by atoms with Crippen LogP contribution in [-0.2, 0) is 0 Å². The van der Waals surface area contributed by atoms with Gasteiger partial charge < -0.3 is 6.92 Å². The van der Waals surface area contributed by atoms with Gasteiger partial charge in [-0.05, 0) is 12.8 Å². The Balaban J connectivity index is 0. The second-order valence-electron chi connectivity index (χ2n) is 3.98. The third-order valence-corrected chi connectivity index (χ3v) is 2.51. The first-order chi connectivity index (χ1) is 7.18. The van der Waals surface area contributed by atoms with Crippen molar-refractivity contribution in [1.82, 2.24) is 0 Å². The minimum Gasteiger partial charge on any atom is -0.307 e. The van der Waals surface area contributed by atoms with Crippen LogP contribution in [0.15, 0.2) is 0 Å². The van der Waals surface area contributed by atoms with E-state index in [0.717, 1.165) is 38.5 Å². The standard InChI is InChI=1S/C12H22F3.K/c1-11(14)12(15)9-7-5-3-2-4-6-8-10-13;/h11-12H,1-10H2;/q-1;+1. The van der Waals surface area contributed by atoms with E-state index in [-0.39, 0.29) is 64.5 Å². The summed E-state index contributed by atoms with van der Waals surface area (Å²) in [5, 5.41) is 0. The third kappa shape index (κ3) is 13.5. The zero-order chi connectivity index (χ0) is 11.5. The first kappa shape index (κ1) is 19.8. The number of rotatable bonds is 10. The van der Waals surface area contributed by atoms with Crippen LogP contribution < -0.4 is 51.4 Å². The largest absolute Gasteiger partial charge is 1.00 e. The van der Waals surface area contributed by atoms with Crippen molar-refractivity contribution < 1.29 is 64.6 Å². The minimum atomic E-state index is -1.59. The molecule has 2 unspecified atom stereocenters. The van der Waals surface area contributed by atoms with E-state index in [1.54, 1.807) is 0 Å². The van der Waals surface area contributed by atoms with Gasteiger partial charge in [-0.3, -0.25) is 8.78 Å². The number of unbranched alkanes of at least 4 members (excludes halogenated alkanes) is 6. The van der Waals surface area contributed by atoms with Gasteiger partial charge in [0, 0.05) is 6.17 Å². The molecule has 0 saturated carbocycles. The molecule has 0 heterocycles. The molecule has 0 aliphatic heterocycles.